The molecule has 1 atom stereocenters. The first-order valence-electron chi connectivity index (χ1n) is 5.02. The quantitative estimate of drug-likeness (QED) is 0.824. The Balaban J connectivity index is 3.16. The van der Waals surface area contributed by atoms with Gasteiger partial charge < -0.3 is 10.8 Å². The molecule has 16 heavy (non-hydrogen) atoms. The van der Waals surface area contributed by atoms with Gasteiger partial charge in [-0.1, -0.05) is 26.0 Å². The van der Waals surface area contributed by atoms with E-state index < -0.39 is 17.4 Å². The molecule has 0 fully saturated rings. The van der Waals surface area contributed by atoms with Gasteiger partial charge in [0.05, 0.1) is 0 Å². The highest BCUT2D eigenvalue weighted by atomic mass is 19.1. The average Bonchev–Trinajstić information content (AvgIpc) is 2.20. The van der Waals surface area contributed by atoms with Crippen LogP contribution in [0.5, 0.6) is 0 Å². The average molecular weight is 225 g/mol. The molecule has 3 nitrogen and oxygen atoms in total. The second-order valence-electron chi connectivity index (χ2n) is 4.50. The van der Waals surface area contributed by atoms with E-state index in [0.29, 0.717) is 11.1 Å². The molecule has 0 saturated carbocycles. The number of rotatable bonds is 3. The van der Waals surface area contributed by atoms with Crippen LogP contribution in [0.2, 0.25) is 0 Å². The van der Waals surface area contributed by atoms with E-state index in [9.17, 15) is 9.18 Å². The van der Waals surface area contributed by atoms with Gasteiger partial charge in [-0.05, 0) is 24.1 Å². The molecule has 0 bridgehead atoms. The van der Waals surface area contributed by atoms with E-state index in [2.05, 4.69) is 0 Å². The Morgan fingerprint density at radius 1 is 1.50 bits per heavy atom. The summed E-state index contributed by atoms with van der Waals surface area (Å²) in [6.45, 7) is 5.04. The molecule has 88 valence electrons. The van der Waals surface area contributed by atoms with Crippen molar-refractivity contribution in [2.45, 2.75) is 32.2 Å². The smallest absolute Gasteiger partial charge is 0.321 e. The number of carboxylic acids is 1. The maximum Gasteiger partial charge on any atom is 0.321 e. The third kappa shape index (κ3) is 2.22. The number of hydrogen-bond acceptors (Lipinski definition) is 2. The number of benzene rings is 1. The summed E-state index contributed by atoms with van der Waals surface area (Å²) in [5.41, 5.74) is 5.91. The highest BCUT2D eigenvalue weighted by Gasteiger charge is 2.33. The van der Waals surface area contributed by atoms with Crippen molar-refractivity contribution < 1.29 is 14.3 Å². The first-order valence-corrected chi connectivity index (χ1v) is 5.02. The number of nitrogens with two attached hydrogens (primary N) is 1. The maximum absolute atomic E-state index is 13.4. The summed E-state index contributed by atoms with van der Waals surface area (Å²) >= 11 is 0. The summed E-state index contributed by atoms with van der Waals surface area (Å²) in [4.78, 5) is 10.9. The molecule has 3 N–H and O–H groups in total. The van der Waals surface area contributed by atoms with Crippen LogP contribution in [-0.2, 0) is 10.2 Å². The molecule has 0 radical (unpaired) electrons. The van der Waals surface area contributed by atoms with Gasteiger partial charge in [-0.15, -0.1) is 0 Å². The maximum atomic E-state index is 13.4. The summed E-state index contributed by atoms with van der Waals surface area (Å²) < 4.78 is 13.4. The third-order valence-electron chi connectivity index (χ3n) is 2.96. The van der Waals surface area contributed by atoms with E-state index in [-0.39, 0.29) is 5.82 Å². The zero-order valence-corrected chi connectivity index (χ0v) is 9.62. The molecular weight excluding hydrogens is 209 g/mol. The van der Waals surface area contributed by atoms with Crippen molar-refractivity contribution in [3.05, 3.63) is 35.1 Å². The van der Waals surface area contributed by atoms with Crippen LogP contribution in [0.15, 0.2) is 18.2 Å². The minimum atomic E-state index is -1.09. The van der Waals surface area contributed by atoms with Crippen LogP contribution in [-0.4, -0.2) is 17.1 Å². The SMILES string of the molecule is Cc1ccc(C(C)(C)C(N)C(=O)O)cc1F. The molecular formula is C12H16FNO2. The van der Waals surface area contributed by atoms with Crippen molar-refractivity contribution in [1.29, 1.82) is 0 Å². The van der Waals surface area contributed by atoms with E-state index in [4.69, 9.17) is 10.8 Å². The summed E-state index contributed by atoms with van der Waals surface area (Å²) in [6, 6.07) is 3.62. The molecule has 0 aliphatic rings. The highest BCUT2D eigenvalue weighted by molar-refractivity contribution is 5.75. The number of aryl methyl sites for hydroxylation is 1. The second-order valence-corrected chi connectivity index (χ2v) is 4.50. The van der Waals surface area contributed by atoms with Crippen molar-refractivity contribution in [3.63, 3.8) is 0 Å². The van der Waals surface area contributed by atoms with Gasteiger partial charge in [0, 0.05) is 5.41 Å². The Morgan fingerprint density at radius 3 is 2.50 bits per heavy atom. The lowest BCUT2D eigenvalue weighted by Crippen LogP contribution is -2.46. The van der Waals surface area contributed by atoms with Crippen LogP contribution < -0.4 is 5.73 Å². The molecule has 0 saturated heterocycles. The fraction of sp³-hybridized carbons (Fsp3) is 0.417. The standard InChI is InChI=1S/C12H16FNO2/c1-7-4-5-8(6-9(7)13)12(2,3)10(14)11(15)16/h4-6,10H,14H2,1-3H3,(H,15,16). The van der Waals surface area contributed by atoms with E-state index in [1.807, 2.05) is 0 Å². The Labute approximate surface area is 94.1 Å². The molecule has 1 unspecified atom stereocenters. The Morgan fingerprint density at radius 2 is 2.06 bits per heavy atom. The van der Waals surface area contributed by atoms with Crippen LogP contribution in [0, 0.1) is 12.7 Å². The lowest BCUT2D eigenvalue weighted by molar-refractivity contribution is -0.140. The zero-order chi connectivity index (χ0) is 12.5. The lowest BCUT2D eigenvalue weighted by atomic mass is 9.78. The normalized spacial score (nSPS) is 13.6. The van der Waals surface area contributed by atoms with Crippen molar-refractivity contribution >= 4 is 5.97 Å². The number of carboxylic acid groups (broad SMARTS) is 1. The van der Waals surface area contributed by atoms with Gasteiger partial charge in [0.1, 0.15) is 11.9 Å². The predicted molar refractivity (Wildman–Crippen MR) is 59.8 cm³/mol. The zero-order valence-electron chi connectivity index (χ0n) is 9.62. The first kappa shape index (κ1) is 12.6. The molecule has 0 spiro atoms. The summed E-state index contributed by atoms with van der Waals surface area (Å²) in [5.74, 6) is -1.44. The molecule has 0 heterocycles. The number of hydrogen-bond donors (Lipinski definition) is 2. The largest absolute Gasteiger partial charge is 0.480 e. The number of carbonyl (C=O) groups is 1. The van der Waals surface area contributed by atoms with E-state index in [1.54, 1.807) is 32.9 Å². The summed E-state index contributed by atoms with van der Waals surface area (Å²) in [6.07, 6.45) is 0. The van der Waals surface area contributed by atoms with Gasteiger partial charge in [-0.2, -0.15) is 0 Å². The van der Waals surface area contributed by atoms with Crippen molar-refractivity contribution in [1.82, 2.24) is 0 Å². The minimum Gasteiger partial charge on any atom is -0.480 e. The highest BCUT2D eigenvalue weighted by Crippen LogP contribution is 2.27. The van der Waals surface area contributed by atoms with Gasteiger partial charge in [0.15, 0.2) is 0 Å². The van der Waals surface area contributed by atoms with Crippen LogP contribution in [0.25, 0.3) is 0 Å². The van der Waals surface area contributed by atoms with Crippen LogP contribution in [0.3, 0.4) is 0 Å². The Hall–Kier alpha value is -1.42. The topological polar surface area (TPSA) is 63.3 Å². The first-order chi connectivity index (χ1) is 7.26. The molecule has 0 aliphatic carbocycles. The van der Waals surface area contributed by atoms with Gasteiger partial charge in [-0.25, -0.2) is 4.39 Å². The fourth-order valence-corrected chi connectivity index (χ4v) is 1.48. The monoisotopic (exact) mass is 225 g/mol. The molecule has 0 aromatic heterocycles. The number of halogens is 1. The lowest BCUT2D eigenvalue weighted by Gasteiger charge is -2.29. The van der Waals surface area contributed by atoms with E-state index in [1.165, 1.54) is 6.07 Å². The summed E-state index contributed by atoms with van der Waals surface area (Å²) in [7, 11) is 0. The van der Waals surface area contributed by atoms with Gasteiger partial charge >= 0.3 is 5.97 Å². The molecule has 1 rings (SSSR count). The minimum absolute atomic E-state index is 0.344. The van der Waals surface area contributed by atoms with E-state index >= 15 is 0 Å². The summed E-state index contributed by atoms with van der Waals surface area (Å²) in [5, 5.41) is 8.88. The van der Waals surface area contributed by atoms with Gasteiger partial charge in [-0.3, -0.25) is 4.79 Å². The van der Waals surface area contributed by atoms with E-state index in [0.717, 1.165) is 0 Å². The predicted octanol–water partition coefficient (Wildman–Crippen LogP) is 1.82. The van der Waals surface area contributed by atoms with Gasteiger partial charge in [0.25, 0.3) is 0 Å². The molecule has 1 aromatic carbocycles. The molecule has 0 aliphatic heterocycles. The van der Waals surface area contributed by atoms with Crippen molar-refractivity contribution in [2.24, 2.45) is 5.73 Å². The Bertz CT molecular complexity index is 415. The van der Waals surface area contributed by atoms with Crippen LogP contribution in [0.1, 0.15) is 25.0 Å². The molecule has 0 amide bonds. The van der Waals surface area contributed by atoms with Crippen molar-refractivity contribution in [2.75, 3.05) is 0 Å². The Kier molecular flexibility index (Phi) is 3.33. The van der Waals surface area contributed by atoms with Crippen LogP contribution in [0.4, 0.5) is 4.39 Å². The molecule has 4 heteroatoms. The third-order valence-corrected chi connectivity index (χ3v) is 2.96. The fourth-order valence-electron chi connectivity index (χ4n) is 1.48. The van der Waals surface area contributed by atoms with Crippen molar-refractivity contribution in [3.8, 4) is 0 Å². The number of aliphatic carboxylic acids is 1. The molecule has 1 aromatic rings. The van der Waals surface area contributed by atoms with Crippen LogP contribution >= 0.6 is 0 Å². The second kappa shape index (κ2) is 4.22. The van der Waals surface area contributed by atoms with Gasteiger partial charge in [0.2, 0.25) is 0 Å².